The molecule has 1 aliphatic heterocycles. The molecule has 156 valence electrons. The van der Waals surface area contributed by atoms with Crippen LogP contribution in [0.4, 0.5) is 22.1 Å². The molecule has 0 spiro atoms. The van der Waals surface area contributed by atoms with Crippen molar-refractivity contribution in [3.63, 3.8) is 0 Å². The van der Waals surface area contributed by atoms with Gasteiger partial charge in [-0.25, -0.2) is 14.8 Å². The number of rotatable bonds is 8. The summed E-state index contributed by atoms with van der Waals surface area (Å²) >= 11 is 0. The Morgan fingerprint density at radius 1 is 1.21 bits per heavy atom. The zero-order valence-corrected chi connectivity index (χ0v) is 16.9. The van der Waals surface area contributed by atoms with Crippen molar-refractivity contribution in [2.75, 3.05) is 61.5 Å². The monoisotopic (exact) mass is 400 g/mol. The lowest BCUT2D eigenvalue weighted by molar-refractivity contribution is 0.122. The number of benzene rings is 1. The van der Waals surface area contributed by atoms with Crippen molar-refractivity contribution >= 4 is 23.4 Å². The number of para-hydroxylation sites is 2. The molecule has 0 atom stereocenters. The van der Waals surface area contributed by atoms with Crippen LogP contribution in [0.2, 0.25) is 0 Å². The smallest absolute Gasteiger partial charge is 0.319 e. The number of nitrogens with one attached hydrogen (secondary N) is 3. The summed E-state index contributed by atoms with van der Waals surface area (Å²) in [7, 11) is 0. The molecule has 0 bridgehead atoms. The molecule has 29 heavy (non-hydrogen) atoms. The van der Waals surface area contributed by atoms with Crippen LogP contribution < -0.4 is 25.6 Å². The first kappa shape index (κ1) is 20.7. The van der Waals surface area contributed by atoms with E-state index in [1.807, 2.05) is 38.1 Å². The predicted molar refractivity (Wildman–Crippen MR) is 113 cm³/mol. The standard InChI is InChI=1S/C20H28N6O3/c1-3-29-17-7-5-4-6-16(17)25-20(27)22-9-8-21-18-14-19(24-15(2)23-18)26-10-12-28-13-11-26/h4-7,14H,3,8-13H2,1-2H3,(H,21,23,24)(H2,22,25,27). The quantitative estimate of drug-likeness (QED) is 0.584. The van der Waals surface area contributed by atoms with Gasteiger partial charge in [-0.3, -0.25) is 0 Å². The van der Waals surface area contributed by atoms with Crippen molar-refractivity contribution in [2.45, 2.75) is 13.8 Å². The van der Waals surface area contributed by atoms with E-state index in [1.54, 1.807) is 6.07 Å². The largest absolute Gasteiger partial charge is 0.492 e. The predicted octanol–water partition coefficient (Wildman–Crippen LogP) is 2.25. The molecule has 0 saturated carbocycles. The zero-order chi connectivity index (χ0) is 20.5. The number of nitrogens with zero attached hydrogens (tertiary/aromatic N) is 3. The summed E-state index contributed by atoms with van der Waals surface area (Å²) in [6, 6.07) is 8.99. The van der Waals surface area contributed by atoms with Crippen molar-refractivity contribution in [3.05, 3.63) is 36.2 Å². The van der Waals surface area contributed by atoms with Gasteiger partial charge in [-0.15, -0.1) is 0 Å². The third-order valence-corrected chi connectivity index (χ3v) is 4.31. The van der Waals surface area contributed by atoms with Gasteiger partial charge in [0.15, 0.2) is 0 Å². The van der Waals surface area contributed by atoms with E-state index in [1.165, 1.54) is 0 Å². The number of ether oxygens (including phenoxy) is 2. The molecule has 1 aromatic heterocycles. The van der Waals surface area contributed by atoms with Gasteiger partial charge in [0.2, 0.25) is 0 Å². The van der Waals surface area contributed by atoms with E-state index >= 15 is 0 Å². The first-order valence-electron chi connectivity index (χ1n) is 9.84. The van der Waals surface area contributed by atoms with Crippen LogP contribution in [-0.2, 0) is 4.74 Å². The third-order valence-electron chi connectivity index (χ3n) is 4.31. The van der Waals surface area contributed by atoms with Gasteiger partial charge >= 0.3 is 6.03 Å². The SMILES string of the molecule is CCOc1ccccc1NC(=O)NCCNc1cc(N2CCOCC2)nc(C)n1. The maximum atomic E-state index is 12.1. The number of hydrogen-bond acceptors (Lipinski definition) is 7. The Labute approximate surface area is 170 Å². The van der Waals surface area contributed by atoms with Crippen molar-refractivity contribution in [3.8, 4) is 5.75 Å². The second-order valence-corrected chi connectivity index (χ2v) is 6.49. The second-order valence-electron chi connectivity index (χ2n) is 6.49. The van der Waals surface area contributed by atoms with E-state index < -0.39 is 0 Å². The minimum absolute atomic E-state index is 0.285. The van der Waals surface area contributed by atoms with Gasteiger partial charge in [-0.05, 0) is 26.0 Å². The summed E-state index contributed by atoms with van der Waals surface area (Å²) in [4.78, 5) is 23.3. The van der Waals surface area contributed by atoms with E-state index in [2.05, 4.69) is 30.8 Å². The average molecular weight is 400 g/mol. The molecule has 0 aliphatic carbocycles. The fraction of sp³-hybridized carbons (Fsp3) is 0.450. The normalized spacial score (nSPS) is 13.7. The molecule has 1 aromatic carbocycles. The molecular formula is C20H28N6O3. The Bertz CT molecular complexity index is 811. The van der Waals surface area contributed by atoms with E-state index in [-0.39, 0.29) is 6.03 Å². The van der Waals surface area contributed by atoms with Crippen LogP contribution in [0.5, 0.6) is 5.75 Å². The Morgan fingerprint density at radius 2 is 2.00 bits per heavy atom. The number of carbonyl (C=O) groups is 1. The molecule has 2 aromatic rings. The molecule has 1 saturated heterocycles. The number of anilines is 3. The van der Waals surface area contributed by atoms with Crippen LogP contribution in [0, 0.1) is 6.92 Å². The molecule has 3 rings (SSSR count). The maximum Gasteiger partial charge on any atom is 0.319 e. The fourth-order valence-electron chi connectivity index (χ4n) is 2.98. The number of urea groups is 1. The number of morpholine rings is 1. The molecular weight excluding hydrogens is 372 g/mol. The van der Waals surface area contributed by atoms with Crippen LogP contribution in [0.3, 0.4) is 0 Å². The van der Waals surface area contributed by atoms with Gasteiger partial charge in [0, 0.05) is 32.2 Å². The molecule has 9 heteroatoms. The highest BCUT2D eigenvalue weighted by molar-refractivity contribution is 5.90. The fourth-order valence-corrected chi connectivity index (χ4v) is 2.98. The van der Waals surface area contributed by atoms with Crippen LogP contribution >= 0.6 is 0 Å². The highest BCUT2D eigenvalue weighted by Crippen LogP contribution is 2.23. The molecule has 9 nitrogen and oxygen atoms in total. The van der Waals surface area contributed by atoms with Gasteiger partial charge in [0.1, 0.15) is 23.2 Å². The van der Waals surface area contributed by atoms with E-state index in [4.69, 9.17) is 9.47 Å². The molecule has 2 amide bonds. The van der Waals surface area contributed by atoms with Crippen molar-refractivity contribution in [2.24, 2.45) is 0 Å². The van der Waals surface area contributed by atoms with Gasteiger partial charge in [-0.1, -0.05) is 12.1 Å². The number of aromatic nitrogens is 2. The molecule has 2 heterocycles. The summed E-state index contributed by atoms with van der Waals surface area (Å²) in [6.07, 6.45) is 0. The van der Waals surface area contributed by atoms with Crippen molar-refractivity contribution in [1.29, 1.82) is 0 Å². The number of carbonyl (C=O) groups excluding carboxylic acids is 1. The summed E-state index contributed by atoms with van der Waals surface area (Å²) in [6.45, 7) is 8.35. The van der Waals surface area contributed by atoms with Gasteiger partial charge in [0.25, 0.3) is 0 Å². The Balaban J connectivity index is 1.46. The summed E-state index contributed by atoms with van der Waals surface area (Å²) in [5.74, 6) is 2.98. The highest BCUT2D eigenvalue weighted by atomic mass is 16.5. The van der Waals surface area contributed by atoms with Crippen LogP contribution in [-0.4, -0.2) is 62.0 Å². The number of aryl methyl sites for hydroxylation is 1. The molecule has 1 fully saturated rings. The minimum atomic E-state index is -0.285. The van der Waals surface area contributed by atoms with Gasteiger partial charge in [0.05, 0.1) is 25.5 Å². The second kappa shape index (κ2) is 10.5. The van der Waals surface area contributed by atoms with Gasteiger partial charge < -0.3 is 30.3 Å². The Hall–Kier alpha value is -3.07. The van der Waals surface area contributed by atoms with Gasteiger partial charge in [-0.2, -0.15) is 0 Å². The van der Waals surface area contributed by atoms with Crippen LogP contribution in [0.15, 0.2) is 30.3 Å². The molecule has 0 radical (unpaired) electrons. The Kier molecular flexibility index (Phi) is 7.46. The maximum absolute atomic E-state index is 12.1. The molecule has 3 N–H and O–H groups in total. The first-order chi connectivity index (χ1) is 14.2. The Morgan fingerprint density at radius 3 is 2.79 bits per heavy atom. The first-order valence-corrected chi connectivity index (χ1v) is 9.84. The number of hydrogen-bond donors (Lipinski definition) is 3. The lowest BCUT2D eigenvalue weighted by atomic mass is 10.3. The van der Waals surface area contributed by atoms with E-state index in [0.717, 1.165) is 24.7 Å². The minimum Gasteiger partial charge on any atom is -0.492 e. The zero-order valence-electron chi connectivity index (χ0n) is 16.9. The van der Waals surface area contributed by atoms with Crippen LogP contribution in [0.25, 0.3) is 0 Å². The summed E-state index contributed by atoms with van der Waals surface area (Å²) < 4.78 is 10.9. The molecule has 1 aliphatic rings. The summed E-state index contributed by atoms with van der Waals surface area (Å²) in [5.41, 5.74) is 0.640. The van der Waals surface area contributed by atoms with Crippen molar-refractivity contribution < 1.29 is 14.3 Å². The lowest BCUT2D eigenvalue weighted by Gasteiger charge is -2.28. The number of amides is 2. The van der Waals surface area contributed by atoms with E-state index in [9.17, 15) is 4.79 Å². The van der Waals surface area contributed by atoms with Crippen LogP contribution in [0.1, 0.15) is 12.7 Å². The topological polar surface area (TPSA) is 101 Å². The molecule has 0 unspecified atom stereocenters. The third kappa shape index (κ3) is 6.21. The van der Waals surface area contributed by atoms with Crippen molar-refractivity contribution in [1.82, 2.24) is 15.3 Å². The van der Waals surface area contributed by atoms with E-state index in [0.29, 0.717) is 50.2 Å². The average Bonchev–Trinajstić information content (AvgIpc) is 2.73. The highest BCUT2D eigenvalue weighted by Gasteiger charge is 2.14. The lowest BCUT2D eigenvalue weighted by Crippen LogP contribution is -2.37. The summed E-state index contributed by atoms with van der Waals surface area (Å²) in [5, 5.41) is 8.87.